The lowest BCUT2D eigenvalue weighted by Crippen LogP contribution is -2.47. The normalized spacial score (nSPS) is 15.7. The number of ether oxygens (including phenoxy) is 2. The number of esters is 1. The van der Waals surface area contributed by atoms with Crippen LogP contribution in [0.5, 0.6) is 5.75 Å². The second kappa shape index (κ2) is 26.7. The van der Waals surface area contributed by atoms with Crippen molar-refractivity contribution in [1.82, 2.24) is 21.3 Å². The number of methoxy groups -OCH3 is 1. The van der Waals surface area contributed by atoms with Crippen molar-refractivity contribution in [1.29, 1.82) is 0 Å². The number of nitro groups is 1. The Kier molecular flexibility index (Phi) is 20.3. The standard InChI is InChI=1S/C58H74N8O10/c1-8-50(67)59-34-17-9-11-28-52(69)62-43(29-32-53(70)65-38-33-40-47(76-39-54(71)75-7)31-30-46(55(40)65)66(73)74)56(72)61-36-20-35-60-51(68)27-12-10-18-37-64-45-24-16-14-22-42(45)58(4,5)49(64)26-19-25-48-57(2,3)41-21-13-15-23-44(41)63(48)6/h8,13-16,19,21-26,30-31,43H,1,9-12,17-18,20,27-29,32-39H2,2-7H3,(H3-,59,60,61,62,67,68,69,72)/p+1/t43-/m0/s1. The average Bonchev–Trinajstić information content (AvgIpc) is 4.05. The molecular weight excluding hydrogens is 969 g/mol. The SMILES string of the molecule is C=CC(=O)NCCCCCC(=O)N[C@@H](CCC(=O)N1CCc2c(OCC(=O)OC)ccc([N+](=O)[O-])c21)C(=O)NCCCNC(=O)CCCCCN1/C(=C/C=C/C2=[N+](C)c3ccccc3C2(C)C)C(C)(C)c2ccccc21. The number of hydrogen-bond donors (Lipinski definition) is 4. The minimum absolute atomic E-state index is 0.0556. The Balaban J connectivity index is 0.974. The molecule has 0 radical (unpaired) electrons. The Bertz CT molecular complexity index is 2760. The van der Waals surface area contributed by atoms with Crippen LogP contribution in [0.2, 0.25) is 0 Å². The first-order valence-corrected chi connectivity index (χ1v) is 26.4. The number of hydrogen-bond acceptors (Lipinski definition) is 11. The first-order valence-electron chi connectivity index (χ1n) is 26.4. The van der Waals surface area contributed by atoms with Crippen LogP contribution in [0.3, 0.4) is 0 Å². The van der Waals surface area contributed by atoms with Gasteiger partial charge in [-0.3, -0.25) is 34.1 Å². The number of carbonyl (C=O) groups is 6. The maximum atomic E-state index is 13.8. The number of anilines is 2. The van der Waals surface area contributed by atoms with Crippen molar-refractivity contribution in [3.63, 3.8) is 0 Å². The van der Waals surface area contributed by atoms with E-state index >= 15 is 0 Å². The quantitative estimate of drug-likeness (QED) is 0.0141. The molecule has 3 aliphatic rings. The highest BCUT2D eigenvalue weighted by molar-refractivity contribution is 6.03. The van der Waals surface area contributed by atoms with Crippen LogP contribution >= 0.6 is 0 Å². The molecule has 0 spiro atoms. The minimum Gasteiger partial charge on any atom is -0.482 e. The van der Waals surface area contributed by atoms with Gasteiger partial charge in [0.15, 0.2) is 12.3 Å². The summed E-state index contributed by atoms with van der Waals surface area (Å²) in [5.41, 5.74) is 7.33. The summed E-state index contributed by atoms with van der Waals surface area (Å²) in [6.45, 7) is 13.9. The van der Waals surface area contributed by atoms with Gasteiger partial charge in [0.05, 0.1) is 17.4 Å². The Hall–Kier alpha value is -7.63. The molecule has 3 aromatic rings. The van der Waals surface area contributed by atoms with Crippen LogP contribution in [-0.4, -0.2) is 110 Å². The first kappa shape index (κ1) is 57.6. The van der Waals surface area contributed by atoms with Crippen molar-refractivity contribution >= 4 is 64.0 Å². The van der Waals surface area contributed by atoms with Crippen molar-refractivity contribution < 1.29 is 47.7 Å². The van der Waals surface area contributed by atoms with Gasteiger partial charge in [0.1, 0.15) is 24.5 Å². The van der Waals surface area contributed by atoms with Crippen molar-refractivity contribution in [3.05, 3.63) is 124 Å². The first-order chi connectivity index (χ1) is 36.4. The van der Waals surface area contributed by atoms with Gasteiger partial charge in [0.2, 0.25) is 35.2 Å². The molecule has 0 aromatic heterocycles. The third-order valence-corrected chi connectivity index (χ3v) is 14.5. The van der Waals surface area contributed by atoms with Crippen LogP contribution in [-0.2, 0) is 50.8 Å². The molecule has 1 atom stereocenters. The van der Waals surface area contributed by atoms with Gasteiger partial charge in [-0.2, -0.15) is 4.58 Å². The molecule has 18 nitrogen and oxygen atoms in total. The molecule has 0 fully saturated rings. The Labute approximate surface area is 446 Å². The monoisotopic (exact) mass is 1040 g/mol. The number of benzene rings is 3. The fraction of sp³-hybridized carbons (Fsp3) is 0.466. The third kappa shape index (κ3) is 14.2. The van der Waals surface area contributed by atoms with Gasteiger partial charge in [0.25, 0.3) is 5.69 Å². The lowest BCUT2D eigenvalue weighted by Gasteiger charge is -2.27. The molecule has 0 unspecified atom stereocenters. The van der Waals surface area contributed by atoms with E-state index in [0.717, 1.165) is 19.4 Å². The molecule has 3 aromatic carbocycles. The second-order valence-corrected chi connectivity index (χ2v) is 20.4. The van der Waals surface area contributed by atoms with Crippen LogP contribution in [0.1, 0.15) is 115 Å². The van der Waals surface area contributed by atoms with Crippen LogP contribution in [0.4, 0.5) is 22.7 Å². The Morgan fingerprint density at radius 2 is 1.50 bits per heavy atom. The molecule has 6 rings (SSSR count). The molecule has 0 aliphatic carbocycles. The van der Waals surface area contributed by atoms with E-state index in [1.54, 1.807) is 0 Å². The lowest BCUT2D eigenvalue weighted by atomic mass is 9.81. The van der Waals surface area contributed by atoms with Gasteiger partial charge >= 0.3 is 5.97 Å². The number of nitrogens with one attached hydrogen (secondary N) is 4. The summed E-state index contributed by atoms with van der Waals surface area (Å²) in [7, 11) is 3.34. The van der Waals surface area contributed by atoms with Gasteiger partial charge in [-0.1, -0.05) is 75.7 Å². The Morgan fingerprint density at radius 3 is 2.22 bits per heavy atom. The number of allylic oxidation sites excluding steroid dienone is 4. The molecular formula is C58H75N8O10+. The highest BCUT2D eigenvalue weighted by Crippen LogP contribution is 2.48. The van der Waals surface area contributed by atoms with Crippen LogP contribution < -0.4 is 35.8 Å². The number of amides is 5. The van der Waals surface area contributed by atoms with Crippen LogP contribution in [0.15, 0.2) is 97.2 Å². The molecule has 3 heterocycles. The zero-order chi connectivity index (χ0) is 55.0. The number of nitrogens with zero attached hydrogens (tertiary/aromatic N) is 4. The average molecular weight is 1040 g/mol. The molecule has 0 saturated carbocycles. The number of para-hydroxylation sites is 2. The van der Waals surface area contributed by atoms with Crippen molar-refractivity contribution in [2.45, 2.75) is 122 Å². The fourth-order valence-corrected chi connectivity index (χ4v) is 10.4. The summed E-state index contributed by atoms with van der Waals surface area (Å²) in [5, 5.41) is 23.3. The van der Waals surface area contributed by atoms with Crippen molar-refractivity contribution in [2.75, 3.05) is 63.3 Å². The summed E-state index contributed by atoms with van der Waals surface area (Å²) in [4.78, 5) is 91.8. The van der Waals surface area contributed by atoms with E-state index in [1.807, 2.05) is 0 Å². The zero-order valence-corrected chi connectivity index (χ0v) is 45.0. The lowest BCUT2D eigenvalue weighted by molar-refractivity contribution is -0.401. The van der Waals surface area contributed by atoms with Gasteiger partial charge in [-0.25, -0.2) is 4.79 Å². The van der Waals surface area contributed by atoms with E-state index < -0.39 is 41.3 Å². The number of unbranched alkanes of at least 4 members (excludes halogenated alkanes) is 4. The summed E-state index contributed by atoms with van der Waals surface area (Å²) < 4.78 is 12.5. The maximum absolute atomic E-state index is 13.8. The zero-order valence-electron chi connectivity index (χ0n) is 45.0. The van der Waals surface area contributed by atoms with Crippen molar-refractivity contribution in [2.24, 2.45) is 0 Å². The second-order valence-electron chi connectivity index (χ2n) is 20.4. The molecule has 0 saturated heterocycles. The molecule has 3 aliphatic heterocycles. The van der Waals surface area contributed by atoms with E-state index in [0.29, 0.717) is 57.2 Å². The summed E-state index contributed by atoms with van der Waals surface area (Å²) in [6, 6.07) is 18.6. The molecule has 0 bridgehead atoms. The van der Waals surface area contributed by atoms with Crippen LogP contribution in [0.25, 0.3) is 0 Å². The molecule has 4 N–H and O–H groups in total. The molecule has 5 amide bonds. The number of nitro benzene ring substituents is 1. The van der Waals surface area contributed by atoms with Gasteiger partial charge in [-0.15, -0.1) is 0 Å². The fourth-order valence-electron chi connectivity index (χ4n) is 10.4. The Morgan fingerprint density at radius 1 is 0.816 bits per heavy atom. The van der Waals surface area contributed by atoms with Crippen molar-refractivity contribution in [3.8, 4) is 5.75 Å². The van der Waals surface area contributed by atoms with Gasteiger partial charge < -0.3 is 40.5 Å². The molecule has 18 heteroatoms. The topological polar surface area (TPSA) is 222 Å². The largest absolute Gasteiger partial charge is 0.482 e. The summed E-state index contributed by atoms with van der Waals surface area (Å²) in [6.07, 6.45) is 12.9. The van der Waals surface area contributed by atoms with E-state index in [4.69, 9.17) is 4.74 Å². The summed E-state index contributed by atoms with van der Waals surface area (Å²) in [5.74, 6) is -2.21. The van der Waals surface area contributed by atoms with E-state index in [1.165, 1.54) is 64.1 Å². The number of fused-ring (bicyclic) bond motifs is 3. The van der Waals surface area contributed by atoms with E-state index in [9.17, 15) is 38.9 Å². The maximum Gasteiger partial charge on any atom is 0.343 e. The van der Waals surface area contributed by atoms with Gasteiger partial charge in [-0.05, 0) is 88.6 Å². The van der Waals surface area contributed by atoms with Gasteiger partial charge in [0, 0.05) is 98.1 Å². The van der Waals surface area contributed by atoms with E-state index in [2.05, 4.69) is 144 Å². The highest BCUT2D eigenvalue weighted by Gasteiger charge is 2.43. The minimum atomic E-state index is -1.10. The third-order valence-electron chi connectivity index (χ3n) is 14.5. The predicted molar refractivity (Wildman–Crippen MR) is 293 cm³/mol. The molecule has 406 valence electrons. The number of carbonyl (C=O) groups excluding carboxylic acids is 6. The van der Waals surface area contributed by atoms with E-state index in [-0.39, 0.29) is 78.5 Å². The molecule has 76 heavy (non-hydrogen) atoms. The smallest absolute Gasteiger partial charge is 0.343 e. The highest BCUT2D eigenvalue weighted by atomic mass is 16.6. The summed E-state index contributed by atoms with van der Waals surface area (Å²) >= 11 is 0. The van der Waals surface area contributed by atoms with Crippen LogP contribution in [0, 0.1) is 10.1 Å². The predicted octanol–water partition coefficient (Wildman–Crippen LogP) is 7.29. The number of rotatable bonds is 28.